The van der Waals surface area contributed by atoms with E-state index in [9.17, 15) is 12.8 Å². The number of hydrogen-bond acceptors (Lipinski definition) is 4. The van der Waals surface area contributed by atoms with E-state index < -0.39 is 10.0 Å². The van der Waals surface area contributed by atoms with Gasteiger partial charge in [0.15, 0.2) is 0 Å². The van der Waals surface area contributed by atoms with Crippen molar-refractivity contribution in [2.45, 2.75) is 44.3 Å². The summed E-state index contributed by atoms with van der Waals surface area (Å²) in [6.07, 6.45) is 2.38. The molecule has 2 aliphatic rings. The highest BCUT2D eigenvalue weighted by Gasteiger charge is 2.39. The highest BCUT2D eigenvalue weighted by atomic mass is 32.2. The summed E-state index contributed by atoms with van der Waals surface area (Å²) in [4.78, 5) is 4.95. The van der Waals surface area contributed by atoms with Crippen LogP contribution in [0.3, 0.4) is 0 Å². The summed E-state index contributed by atoms with van der Waals surface area (Å²) in [5.74, 6) is -0.249. The molecule has 0 aromatic heterocycles. The molecule has 5 nitrogen and oxygen atoms in total. The van der Waals surface area contributed by atoms with Crippen molar-refractivity contribution >= 4 is 21.4 Å². The molecule has 1 fully saturated rings. The van der Waals surface area contributed by atoms with Crippen molar-refractivity contribution in [3.8, 4) is 0 Å². The first-order valence-electron chi connectivity index (χ1n) is 9.87. The Morgan fingerprint density at radius 2 is 1.79 bits per heavy atom. The zero-order valence-electron chi connectivity index (χ0n) is 16.3. The smallest absolute Gasteiger partial charge is 0.243 e. The first-order valence-corrected chi connectivity index (χ1v) is 11.3. The number of fused-ring (bicyclic) bond motifs is 3. The molecule has 0 saturated carbocycles. The molecule has 2 heterocycles. The molecule has 4 rings (SSSR count). The summed E-state index contributed by atoms with van der Waals surface area (Å²) in [5.41, 5.74) is 3.04. The quantitative estimate of drug-likeness (QED) is 0.736. The van der Waals surface area contributed by atoms with E-state index in [1.807, 2.05) is 26.0 Å². The Morgan fingerprint density at radius 3 is 2.46 bits per heavy atom. The third kappa shape index (κ3) is 3.16. The summed E-state index contributed by atoms with van der Waals surface area (Å²) in [6, 6.07) is 12.0. The topological polar surface area (TPSA) is 43.9 Å². The monoisotopic (exact) mass is 403 g/mol. The lowest BCUT2D eigenvalue weighted by molar-refractivity contribution is 0.445. The van der Waals surface area contributed by atoms with Crippen LogP contribution < -0.4 is 9.80 Å². The predicted molar refractivity (Wildman–Crippen MR) is 109 cm³/mol. The Labute approximate surface area is 166 Å². The van der Waals surface area contributed by atoms with E-state index >= 15 is 0 Å². The predicted octanol–water partition coefficient (Wildman–Crippen LogP) is 3.80. The van der Waals surface area contributed by atoms with Crippen molar-refractivity contribution in [3.05, 3.63) is 53.8 Å². The van der Waals surface area contributed by atoms with Crippen LogP contribution in [-0.2, 0) is 16.6 Å². The van der Waals surface area contributed by atoms with Gasteiger partial charge in [0.05, 0.1) is 16.3 Å². The number of rotatable bonds is 6. The molecule has 0 N–H and O–H groups in total. The maximum atomic E-state index is 13.3. The van der Waals surface area contributed by atoms with Gasteiger partial charge in [0.25, 0.3) is 0 Å². The molecule has 0 aliphatic carbocycles. The van der Waals surface area contributed by atoms with Crippen molar-refractivity contribution in [2.24, 2.45) is 0 Å². The molecule has 0 spiro atoms. The first-order chi connectivity index (χ1) is 13.5. The van der Waals surface area contributed by atoms with Crippen molar-refractivity contribution < 1.29 is 12.8 Å². The second-order valence-corrected chi connectivity index (χ2v) is 9.25. The number of benzene rings is 2. The second kappa shape index (κ2) is 7.37. The van der Waals surface area contributed by atoms with E-state index in [-0.39, 0.29) is 12.0 Å². The van der Waals surface area contributed by atoms with Crippen LogP contribution in [0, 0.1) is 5.82 Å². The molecule has 1 atom stereocenters. The van der Waals surface area contributed by atoms with Gasteiger partial charge in [-0.15, -0.1) is 0 Å². The minimum Gasteiger partial charge on any atom is -0.349 e. The summed E-state index contributed by atoms with van der Waals surface area (Å²) < 4.78 is 40.8. The van der Waals surface area contributed by atoms with E-state index in [2.05, 4.69) is 9.80 Å². The second-order valence-electron chi connectivity index (χ2n) is 7.31. The van der Waals surface area contributed by atoms with Gasteiger partial charge < -0.3 is 9.80 Å². The highest BCUT2D eigenvalue weighted by molar-refractivity contribution is 7.89. The molecule has 28 heavy (non-hydrogen) atoms. The molecule has 150 valence electrons. The van der Waals surface area contributed by atoms with Crippen LogP contribution in [-0.4, -0.2) is 38.5 Å². The maximum Gasteiger partial charge on any atom is 0.243 e. The van der Waals surface area contributed by atoms with Gasteiger partial charge >= 0.3 is 0 Å². The van der Waals surface area contributed by atoms with Crippen LogP contribution in [0.5, 0.6) is 0 Å². The van der Waals surface area contributed by atoms with Crippen LogP contribution in [0.2, 0.25) is 0 Å². The van der Waals surface area contributed by atoms with Crippen LogP contribution in [0.25, 0.3) is 0 Å². The third-order valence-corrected chi connectivity index (χ3v) is 7.80. The summed E-state index contributed by atoms with van der Waals surface area (Å²) >= 11 is 0. The average molecular weight is 404 g/mol. The van der Waals surface area contributed by atoms with Crippen molar-refractivity contribution in [2.75, 3.05) is 29.4 Å². The number of anilines is 2. The number of hydrogen-bond donors (Lipinski definition) is 0. The fraction of sp³-hybridized carbons (Fsp3) is 0.429. The molecule has 0 amide bonds. The van der Waals surface area contributed by atoms with E-state index in [0.717, 1.165) is 36.3 Å². The molecule has 1 saturated heterocycles. The Kier molecular flexibility index (Phi) is 5.05. The Hall–Kier alpha value is -2.12. The van der Waals surface area contributed by atoms with E-state index in [1.165, 1.54) is 16.4 Å². The van der Waals surface area contributed by atoms with Gasteiger partial charge in [-0.2, -0.15) is 4.31 Å². The molecule has 0 unspecified atom stereocenters. The summed E-state index contributed by atoms with van der Waals surface area (Å²) in [7, 11) is -3.51. The molecular weight excluding hydrogens is 377 g/mol. The van der Waals surface area contributed by atoms with E-state index in [4.69, 9.17) is 0 Å². The minimum absolute atomic E-state index is 0.228. The van der Waals surface area contributed by atoms with Gasteiger partial charge in [0.2, 0.25) is 10.0 Å². The van der Waals surface area contributed by atoms with E-state index in [1.54, 1.807) is 18.2 Å². The van der Waals surface area contributed by atoms with Crippen LogP contribution in [0.4, 0.5) is 15.8 Å². The normalized spacial score (nSPS) is 18.6. The fourth-order valence-corrected chi connectivity index (χ4v) is 5.82. The van der Waals surface area contributed by atoms with Crippen LogP contribution in [0.15, 0.2) is 47.4 Å². The lowest BCUT2D eigenvalue weighted by atomic mass is 10.1. The molecule has 0 radical (unpaired) electrons. The van der Waals surface area contributed by atoms with Crippen molar-refractivity contribution in [1.29, 1.82) is 0 Å². The largest absolute Gasteiger partial charge is 0.349 e. The van der Waals surface area contributed by atoms with Gasteiger partial charge in [0.1, 0.15) is 12.0 Å². The molecule has 7 heteroatoms. The Morgan fingerprint density at radius 1 is 1.07 bits per heavy atom. The van der Waals surface area contributed by atoms with Gasteiger partial charge in [-0.05, 0) is 48.7 Å². The van der Waals surface area contributed by atoms with Gasteiger partial charge in [-0.25, -0.2) is 12.8 Å². The number of nitrogens with zero attached hydrogens (tertiary/aromatic N) is 3. The molecular formula is C21H26FN3O2S. The molecule has 2 aliphatic heterocycles. The standard InChI is InChI=1S/C21H26FN3O2S/c1-3-23(4-2)28(26,27)18-11-12-19-20(14-18)25(21-6-5-13-24(19)21)15-16-7-9-17(22)10-8-16/h7-12,14,21H,3-6,13,15H2,1-2H3/t21-/m1/s1. The van der Waals surface area contributed by atoms with Gasteiger partial charge in [-0.1, -0.05) is 26.0 Å². The minimum atomic E-state index is -3.51. The fourth-order valence-electron chi connectivity index (χ4n) is 4.34. The first kappa shape index (κ1) is 19.2. The third-order valence-electron chi connectivity index (χ3n) is 5.76. The Bertz CT molecular complexity index is 958. The summed E-state index contributed by atoms with van der Waals surface area (Å²) in [6.45, 7) is 6.20. The van der Waals surface area contributed by atoms with Crippen molar-refractivity contribution in [3.63, 3.8) is 0 Å². The molecule has 2 aromatic rings. The average Bonchev–Trinajstić information content (AvgIpc) is 3.26. The highest BCUT2D eigenvalue weighted by Crippen LogP contribution is 2.45. The van der Waals surface area contributed by atoms with Gasteiger partial charge in [-0.3, -0.25) is 0 Å². The van der Waals surface area contributed by atoms with Gasteiger partial charge in [0, 0.05) is 26.2 Å². The lowest BCUT2D eigenvalue weighted by Gasteiger charge is -2.27. The summed E-state index contributed by atoms with van der Waals surface area (Å²) in [5, 5.41) is 0. The van der Waals surface area contributed by atoms with E-state index in [0.29, 0.717) is 24.5 Å². The molecule has 2 aromatic carbocycles. The zero-order chi connectivity index (χ0) is 19.9. The Balaban J connectivity index is 1.73. The zero-order valence-corrected chi connectivity index (χ0v) is 17.1. The SMILES string of the molecule is CCN(CC)S(=O)(=O)c1ccc2c(c1)N(Cc1ccc(F)cc1)[C@@H]1CCCN21. The van der Waals surface area contributed by atoms with Crippen molar-refractivity contribution in [1.82, 2.24) is 4.31 Å². The number of halogens is 1. The molecule has 0 bridgehead atoms. The number of sulfonamides is 1. The lowest BCUT2D eigenvalue weighted by Crippen LogP contribution is -2.38. The van der Waals surface area contributed by atoms with Crippen LogP contribution in [0.1, 0.15) is 32.3 Å². The van der Waals surface area contributed by atoms with Crippen LogP contribution >= 0.6 is 0 Å². The maximum absolute atomic E-state index is 13.3.